The predicted octanol–water partition coefficient (Wildman–Crippen LogP) is 15.7. The molecule has 0 bridgehead atoms. The summed E-state index contributed by atoms with van der Waals surface area (Å²) in [6, 6.07) is 67.8. The quantitative estimate of drug-likeness (QED) is 0.176. The van der Waals surface area contributed by atoms with Gasteiger partial charge >= 0.3 is 0 Å². The van der Waals surface area contributed by atoms with Gasteiger partial charge in [0.1, 0.15) is 22.3 Å². The summed E-state index contributed by atoms with van der Waals surface area (Å²) in [5.74, 6) is 0. The molecule has 0 aliphatic heterocycles. The van der Waals surface area contributed by atoms with Crippen molar-refractivity contribution in [2.24, 2.45) is 0 Å². The number of para-hydroxylation sites is 2. The van der Waals surface area contributed by atoms with E-state index in [4.69, 9.17) is 8.83 Å². The normalized spacial score (nSPS) is 13.1. The second-order valence-corrected chi connectivity index (χ2v) is 16.1. The highest BCUT2D eigenvalue weighted by molar-refractivity contribution is 6.16. The van der Waals surface area contributed by atoms with Crippen molar-refractivity contribution < 1.29 is 8.83 Å². The van der Waals surface area contributed by atoms with Crippen molar-refractivity contribution in [2.45, 2.75) is 19.3 Å². The maximum Gasteiger partial charge on any atom is 0.143 e. The van der Waals surface area contributed by atoms with Crippen LogP contribution in [-0.2, 0) is 5.41 Å². The predicted molar refractivity (Wildman–Crippen MR) is 242 cm³/mol. The van der Waals surface area contributed by atoms with E-state index in [1.165, 1.54) is 33.3 Å². The van der Waals surface area contributed by atoms with Crippen LogP contribution in [0.5, 0.6) is 0 Å². The average Bonchev–Trinajstić information content (AvgIpc) is 3.92. The summed E-state index contributed by atoms with van der Waals surface area (Å²) in [5.41, 5.74) is 16.7. The van der Waals surface area contributed by atoms with Gasteiger partial charge in [-0.1, -0.05) is 141 Å². The smallest absolute Gasteiger partial charge is 0.143 e. The molecule has 1 aliphatic rings. The Bertz CT molecular complexity index is 3440. The molecule has 0 unspecified atom stereocenters. The maximum atomic E-state index is 6.55. The number of anilines is 3. The lowest BCUT2D eigenvalue weighted by Gasteiger charge is -2.33. The van der Waals surface area contributed by atoms with Crippen molar-refractivity contribution >= 4 is 71.7 Å². The molecular weight excluding hydrogens is 707 g/mol. The molecule has 0 atom stereocenters. The summed E-state index contributed by atoms with van der Waals surface area (Å²) >= 11 is 0. The van der Waals surface area contributed by atoms with E-state index in [0.29, 0.717) is 0 Å². The molecule has 0 amide bonds. The lowest BCUT2D eigenvalue weighted by Crippen LogP contribution is -2.21. The van der Waals surface area contributed by atoms with Gasteiger partial charge in [0.2, 0.25) is 0 Å². The summed E-state index contributed by atoms with van der Waals surface area (Å²) in [7, 11) is 0. The molecule has 58 heavy (non-hydrogen) atoms. The van der Waals surface area contributed by atoms with Crippen LogP contribution >= 0.6 is 0 Å². The first-order valence-corrected chi connectivity index (χ1v) is 20.0. The van der Waals surface area contributed by atoms with Crippen LogP contribution in [-0.4, -0.2) is 0 Å². The zero-order valence-electron chi connectivity index (χ0n) is 32.2. The maximum absolute atomic E-state index is 6.55. The fraction of sp³-hybridized carbons (Fsp3) is 0.0545. The summed E-state index contributed by atoms with van der Waals surface area (Å²) in [5, 5.41) is 6.82. The van der Waals surface area contributed by atoms with Gasteiger partial charge in [0.15, 0.2) is 0 Å². The van der Waals surface area contributed by atoms with E-state index in [0.717, 1.165) is 82.9 Å². The molecule has 0 spiro atoms. The molecule has 3 nitrogen and oxygen atoms in total. The average molecular weight is 744 g/mol. The Morgan fingerprint density at radius 2 is 1.02 bits per heavy atom. The van der Waals surface area contributed by atoms with Crippen LogP contribution in [0.25, 0.3) is 88.0 Å². The Hall–Kier alpha value is -7.36. The van der Waals surface area contributed by atoms with Gasteiger partial charge in [0, 0.05) is 43.6 Å². The molecule has 2 aromatic heterocycles. The van der Waals surface area contributed by atoms with Crippen molar-refractivity contribution in [3.05, 3.63) is 199 Å². The molecule has 0 saturated carbocycles. The number of hydrogen-bond donors (Lipinski definition) is 0. The highest BCUT2D eigenvalue weighted by Crippen LogP contribution is 2.55. The van der Waals surface area contributed by atoms with E-state index in [9.17, 15) is 0 Å². The Labute approximate surface area is 336 Å². The molecule has 0 fully saturated rings. The van der Waals surface area contributed by atoms with Gasteiger partial charge in [-0.2, -0.15) is 0 Å². The monoisotopic (exact) mass is 743 g/mol. The van der Waals surface area contributed by atoms with E-state index in [-0.39, 0.29) is 5.41 Å². The fourth-order valence-corrected chi connectivity index (χ4v) is 9.71. The molecule has 0 saturated heterocycles. The number of fused-ring (bicyclic) bond motifs is 11. The first-order chi connectivity index (χ1) is 28.5. The van der Waals surface area contributed by atoms with E-state index >= 15 is 0 Å². The van der Waals surface area contributed by atoms with Crippen molar-refractivity contribution in [3.8, 4) is 33.4 Å². The number of benzene rings is 9. The SMILES string of the molecule is CC1(C)c2ccccc2-c2cccc(N(c3ccc(-c4ccc5oc6ccccc6c5c4)cc3)c3ccccc3-c3ccc4oc5c6ccccc6ccc5c4c3)c21. The highest BCUT2D eigenvalue weighted by atomic mass is 16.3. The first-order valence-electron chi connectivity index (χ1n) is 20.0. The molecular formula is C55H37NO2. The van der Waals surface area contributed by atoms with Crippen molar-refractivity contribution in [1.29, 1.82) is 0 Å². The zero-order valence-corrected chi connectivity index (χ0v) is 32.2. The minimum atomic E-state index is -0.212. The topological polar surface area (TPSA) is 29.5 Å². The van der Waals surface area contributed by atoms with Crippen LogP contribution in [0.4, 0.5) is 17.1 Å². The highest BCUT2D eigenvalue weighted by Gasteiger charge is 2.39. The third-order valence-electron chi connectivity index (χ3n) is 12.5. The lowest BCUT2D eigenvalue weighted by molar-refractivity contribution is 0.661. The summed E-state index contributed by atoms with van der Waals surface area (Å²) in [6.07, 6.45) is 0. The lowest BCUT2D eigenvalue weighted by atomic mass is 9.81. The number of nitrogens with zero attached hydrogens (tertiary/aromatic N) is 1. The molecule has 0 radical (unpaired) electrons. The molecule has 11 aromatic rings. The Kier molecular flexibility index (Phi) is 6.98. The third-order valence-corrected chi connectivity index (χ3v) is 12.5. The standard InChI is InChI=1S/C55H37NO2/c1-55(2)47-18-8-5-15-41(47)43-17-11-20-49(53(43)55)56(38-27-22-34(23-28-38)36-25-30-51-45(32-36)42-16-7-10-21-50(42)57-51)48-19-9-6-13-39(48)37-26-31-52-46(33-37)44-29-24-35-12-3-4-14-40(35)54(44)58-52/h3-33H,1-2H3. The number of hydrogen-bond acceptors (Lipinski definition) is 3. The molecule has 1 aliphatic carbocycles. The van der Waals surface area contributed by atoms with Gasteiger partial charge in [0.05, 0.1) is 11.4 Å². The summed E-state index contributed by atoms with van der Waals surface area (Å²) < 4.78 is 12.7. The molecule has 2 heterocycles. The Morgan fingerprint density at radius 3 is 1.90 bits per heavy atom. The largest absolute Gasteiger partial charge is 0.456 e. The van der Waals surface area contributed by atoms with E-state index in [1.807, 2.05) is 12.1 Å². The molecule has 274 valence electrons. The minimum absolute atomic E-state index is 0.212. The van der Waals surface area contributed by atoms with Gasteiger partial charge in [-0.3, -0.25) is 0 Å². The van der Waals surface area contributed by atoms with Crippen LogP contribution in [0, 0.1) is 0 Å². The van der Waals surface area contributed by atoms with E-state index < -0.39 is 0 Å². The second kappa shape index (κ2) is 12.3. The minimum Gasteiger partial charge on any atom is -0.456 e. The van der Waals surface area contributed by atoms with Crippen LogP contribution in [0.3, 0.4) is 0 Å². The van der Waals surface area contributed by atoms with E-state index in [1.54, 1.807) is 0 Å². The molecule has 9 aromatic carbocycles. The zero-order chi connectivity index (χ0) is 38.5. The van der Waals surface area contributed by atoms with E-state index in [2.05, 4.69) is 195 Å². The van der Waals surface area contributed by atoms with Crippen LogP contribution in [0.1, 0.15) is 25.0 Å². The van der Waals surface area contributed by atoms with Gasteiger partial charge < -0.3 is 13.7 Å². The van der Waals surface area contributed by atoms with Gasteiger partial charge in [0.25, 0.3) is 0 Å². The molecule has 12 rings (SSSR count). The molecule has 0 N–H and O–H groups in total. The Balaban J connectivity index is 1.05. The fourth-order valence-electron chi connectivity index (χ4n) is 9.71. The first kappa shape index (κ1) is 32.8. The second-order valence-electron chi connectivity index (χ2n) is 16.1. The van der Waals surface area contributed by atoms with Crippen LogP contribution in [0.2, 0.25) is 0 Å². The number of rotatable bonds is 5. The van der Waals surface area contributed by atoms with Gasteiger partial charge in [-0.05, 0) is 105 Å². The Morgan fingerprint density at radius 1 is 0.397 bits per heavy atom. The van der Waals surface area contributed by atoms with Gasteiger partial charge in [-0.15, -0.1) is 0 Å². The number of furan rings is 2. The van der Waals surface area contributed by atoms with Crippen LogP contribution < -0.4 is 4.90 Å². The molecule has 3 heteroatoms. The van der Waals surface area contributed by atoms with Crippen molar-refractivity contribution in [2.75, 3.05) is 4.90 Å². The van der Waals surface area contributed by atoms with Crippen molar-refractivity contribution in [3.63, 3.8) is 0 Å². The van der Waals surface area contributed by atoms with Crippen molar-refractivity contribution in [1.82, 2.24) is 0 Å². The van der Waals surface area contributed by atoms with Gasteiger partial charge in [-0.25, -0.2) is 0 Å². The summed E-state index contributed by atoms with van der Waals surface area (Å²) in [6.45, 7) is 4.73. The third kappa shape index (κ3) is 4.80. The summed E-state index contributed by atoms with van der Waals surface area (Å²) in [4.78, 5) is 2.48. The van der Waals surface area contributed by atoms with Crippen LogP contribution in [0.15, 0.2) is 197 Å².